The highest BCUT2D eigenvalue weighted by Gasteiger charge is 2.43. The van der Waals surface area contributed by atoms with Gasteiger partial charge in [-0.15, -0.1) is 0 Å². The van der Waals surface area contributed by atoms with Crippen LogP contribution < -0.4 is 0 Å². The van der Waals surface area contributed by atoms with Gasteiger partial charge in [-0.3, -0.25) is 14.6 Å². The number of allylic oxidation sites excluding steroid dienone is 1. The fourth-order valence-electron chi connectivity index (χ4n) is 3.59. The van der Waals surface area contributed by atoms with Crippen molar-refractivity contribution >= 4 is 29.2 Å². The van der Waals surface area contributed by atoms with Crippen molar-refractivity contribution in [3.8, 4) is 0 Å². The van der Waals surface area contributed by atoms with Crippen molar-refractivity contribution in [1.29, 1.82) is 0 Å². The zero-order chi connectivity index (χ0) is 20.4. The van der Waals surface area contributed by atoms with Gasteiger partial charge < -0.3 is 9.84 Å². The molecule has 3 atom stereocenters. The molecule has 0 aromatic rings. The molecular formula is C21H35NO4S. The molecule has 6 heteroatoms. The molecule has 0 bridgehead atoms. The molecule has 1 aliphatic carbocycles. The lowest BCUT2D eigenvalue weighted by Crippen LogP contribution is -2.38. The summed E-state index contributed by atoms with van der Waals surface area (Å²) in [4.78, 5) is 30.1. The Bertz CT molecular complexity index is 571. The van der Waals surface area contributed by atoms with Gasteiger partial charge in [0.15, 0.2) is 5.78 Å². The van der Waals surface area contributed by atoms with Crippen LogP contribution in [0.1, 0.15) is 66.7 Å². The number of thioether (sulfide) groups is 1. The van der Waals surface area contributed by atoms with Gasteiger partial charge in [0.25, 0.3) is 0 Å². The van der Waals surface area contributed by atoms with Crippen LogP contribution in [0.5, 0.6) is 0 Å². The van der Waals surface area contributed by atoms with E-state index in [1.54, 1.807) is 18.7 Å². The Kier molecular flexibility index (Phi) is 10.7. The number of ether oxygens (including phenoxy) is 1. The molecule has 0 heterocycles. The Morgan fingerprint density at radius 3 is 2.56 bits per heavy atom. The van der Waals surface area contributed by atoms with Crippen LogP contribution in [0.25, 0.3) is 0 Å². The van der Waals surface area contributed by atoms with Crippen LogP contribution in [-0.4, -0.2) is 46.7 Å². The van der Waals surface area contributed by atoms with Crippen LogP contribution in [0.4, 0.5) is 0 Å². The lowest BCUT2D eigenvalue weighted by molar-refractivity contribution is -0.150. The lowest BCUT2D eigenvalue weighted by Gasteiger charge is -2.32. The third-order valence-electron chi connectivity index (χ3n) is 4.68. The summed E-state index contributed by atoms with van der Waals surface area (Å²) in [6.07, 6.45) is 3.26. The number of carbonyl (C=O) groups is 2. The second-order valence-electron chi connectivity index (χ2n) is 6.96. The van der Waals surface area contributed by atoms with E-state index >= 15 is 0 Å². The van der Waals surface area contributed by atoms with E-state index < -0.39 is 11.9 Å². The highest BCUT2D eigenvalue weighted by Crippen LogP contribution is 2.38. The molecule has 1 aliphatic rings. The number of rotatable bonds is 11. The SMILES string of the molecule is CCCN=C(CCC)C1=C(O)C(C(=O)OCC)C(CC(C)SCC)CC1=O. The molecule has 27 heavy (non-hydrogen) atoms. The Hall–Kier alpha value is -1.30. The molecule has 0 amide bonds. The fraction of sp³-hybridized carbons (Fsp3) is 0.762. The maximum absolute atomic E-state index is 12.9. The number of esters is 1. The summed E-state index contributed by atoms with van der Waals surface area (Å²) in [6.45, 7) is 10.8. The molecule has 0 saturated heterocycles. The molecule has 5 nitrogen and oxygen atoms in total. The number of Topliss-reactive ketones (excluding diaryl/α,β-unsaturated/α-hetero) is 1. The first kappa shape index (κ1) is 23.7. The summed E-state index contributed by atoms with van der Waals surface area (Å²) in [5.74, 6) is -0.708. The van der Waals surface area contributed by atoms with E-state index in [9.17, 15) is 14.7 Å². The first-order chi connectivity index (χ1) is 12.9. The molecule has 0 aromatic carbocycles. The predicted molar refractivity (Wildman–Crippen MR) is 113 cm³/mol. The molecule has 154 valence electrons. The number of carbonyl (C=O) groups excluding carboxylic acids is 2. The standard InChI is InChI=1S/C21H35NO4S/c1-6-10-16(22-11-7-2)19-17(23)13-15(12-14(5)27-9-4)18(20(19)24)21(25)26-8-3/h14-15,18,24H,6-13H2,1-5H3. The molecule has 3 unspecified atom stereocenters. The third kappa shape index (κ3) is 6.66. The van der Waals surface area contributed by atoms with Gasteiger partial charge in [0, 0.05) is 23.9 Å². The molecule has 1 N–H and O–H groups in total. The van der Waals surface area contributed by atoms with Crippen molar-refractivity contribution in [2.24, 2.45) is 16.8 Å². The van der Waals surface area contributed by atoms with Crippen LogP contribution in [0.3, 0.4) is 0 Å². The Labute approximate surface area is 168 Å². The molecule has 0 saturated carbocycles. The van der Waals surface area contributed by atoms with Gasteiger partial charge in [0.2, 0.25) is 0 Å². The molecule has 0 fully saturated rings. The topological polar surface area (TPSA) is 76.0 Å². The van der Waals surface area contributed by atoms with Crippen molar-refractivity contribution in [2.75, 3.05) is 18.9 Å². The minimum absolute atomic E-state index is 0.102. The molecule has 1 rings (SSSR count). The second kappa shape index (κ2) is 12.2. The van der Waals surface area contributed by atoms with Crippen LogP contribution in [0.15, 0.2) is 16.3 Å². The highest BCUT2D eigenvalue weighted by molar-refractivity contribution is 7.99. The van der Waals surface area contributed by atoms with E-state index in [2.05, 4.69) is 18.8 Å². The van der Waals surface area contributed by atoms with Gasteiger partial charge >= 0.3 is 5.97 Å². The normalized spacial score (nSPS) is 22.1. The summed E-state index contributed by atoms with van der Waals surface area (Å²) in [5.41, 5.74) is 0.890. The first-order valence-electron chi connectivity index (χ1n) is 10.2. The van der Waals surface area contributed by atoms with Gasteiger partial charge in [-0.2, -0.15) is 11.8 Å². The maximum Gasteiger partial charge on any atom is 0.316 e. The summed E-state index contributed by atoms with van der Waals surface area (Å²) in [7, 11) is 0. The number of aliphatic imine (C=N–C) groups is 1. The van der Waals surface area contributed by atoms with E-state index in [0.717, 1.165) is 18.6 Å². The van der Waals surface area contributed by atoms with Gasteiger partial charge in [0.1, 0.15) is 11.7 Å². The zero-order valence-corrected chi connectivity index (χ0v) is 18.2. The van der Waals surface area contributed by atoms with Crippen LogP contribution in [0, 0.1) is 11.8 Å². The van der Waals surface area contributed by atoms with Crippen LogP contribution >= 0.6 is 11.8 Å². The molecule has 0 aliphatic heterocycles. The largest absolute Gasteiger partial charge is 0.511 e. The van der Waals surface area contributed by atoms with Crippen molar-refractivity contribution < 1.29 is 19.4 Å². The average molecular weight is 398 g/mol. The van der Waals surface area contributed by atoms with Gasteiger partial charge in [-0.1, -0.05) is 34.1 Å². The smallest absolute Gasteiger partial charge is 0.316 e. The van der Waals surface area contributed by atoms with E-state index in [1.165, 1.54) is 0 Å². The molecule has 0 radical (unpaired) electrons. The number of aliphatic hydroxyl groups excluding tert-OH is 1. The van der Waals surface area contributed by atoms with Crippen LogP contribution in [-0.2, 0) is 14.3 Å². The number of hydrogen-bond donors (Lipinski definition) is 1. The molecular weight excluding hydrogens is 362 g/mol. The summed E-state index contributed by atoms with van der Waals surface area (Å²) < 4.78 is 5.24. The molecule has 0 aromatic heterocycles. The first-order valence-corrected chi connectivity index (χ1v) is 11.2. The zero-order valence-electron chi connectivity index (χ0n) is 17.4. The van der Waals surface area contributed by atoms with Crippen molar-refractivity contribution in [3.05, 3.63) is 11.3 Å². The molecule has 0 spiro atoms. The van der Waals surface area contributed by atoms with E-state index in [-0.39, 0.29) is 36.1 Å². The average Bonchev–Trinajstić information content (AvgIpc) is 2.59. The second-order valence-corrected chi connectivity index (χ2v) is 8.67. The van der Waals surface area contributed by atoms with Crippen molar-refractivity contribution in [1.82, 2.24) is 0 Å². The van der Waals surface area contributed by atoms with Crippen molar-refractivity contribution in [2.45, 2.75) is 72.0 Å². The highest BCUT2D eigenvalue weighted by atomic mass is 32.2. The predicted octanol–water partition coefficient (Wildman–Crippen LogP) is 4.75. The van der Waals surface area contributed by atoms with Gasteiger partial charge in [-0.25, -0.2) is 0 Å². The Balaban J connectivity index is 3.31. The number of ketones is 1. The maximum atomic E-state index is 12.9. The summed E-state index contributed by atoms with van der Waals surface area (Å²) in [5, 5.41) is 11.3. The number of aliphatic hydroxyl groups is 1. The quantitative estimate of drug-likeness (QED) is 0.402. The minimum Gasteiger partial charge on any atom is -0.511 e. The van der Waals surface area contributed by atoms with E-state index in [0.29, 0.717) is 30.3 Å². The fourth-order valence-corrected chi connectivity index (χ4v) is 4.54. The van der Waals surface area contributed by atoms with E-state index in [1.807, 2.05) is 13.8 Å². The summed E-state index contributed by atoms with van der Waals surface area (Å²) in [6, 6.07) is 0. The van der Waals surface area contributed by atoms with E-state index in [4.69, 9.17) is 4.74 Å². The van der Waals surface area contributed by atoms with Gasteiger partial charge in [-0.05, 0) is 37.9 Å². The number of nitrogens with zero attached hydrogens (tertiary/aromatic N) is 1. The van der Waals surface area contributed by atoms with Gasteiger partial charge in [0.05, 0.1) is 12.2 Å². The Morgan fingerprint density at radius 2 is 2.00 bits per heavy atom. The van der Waals surface area contributed by atoms with Crippen LogP contribution in [0.2, 0.25) is 0 Å². The van der Waals surface area contributed by atoms with Crippen molar-refractivity contribution in [3.63, 3.8) is 0 Å². The Morgan fingerprint density at radius 1 is 1.30 bits per heavy atom. The third-order valence-corrected chi connectivity index (χ3v) is 5.77. The monoisotopic (exact) mass is 397 g/mol. The minimum atomic E-state index is -0.777. The summed E-state index contributed by atoms with van der Waals surface area (Å²) >= 11 is 1.80. The lowest BCUT2D eigenvalue weighted by atomic mass is 9.74. The number of hydrogen-bond acceptors (Lipinski definition) is 6.